The van der Waals surface area contributed by atoms with Gasteiger partial charge in [0.2, 0.25) is 0 Å². The molecule has 0 fully saturated rings. The van der Waals surface area contributed by atoms with Gasteiger partial charge in [0.1, 0.15) is 11.3 Å². The summed E-state index contributed by atoms with van der Waals surface area (Å²) < 4.78 is 7.68. The van der Waals surface area contributed by atoms with Crippen molar-refractivity contribution >= 4 is 16.9 Å². The molecule has 6 nitrogen and oxygen atoms in total. The van der Waals surface area contributed by atoms with Crippen LogP contribution in [0.2, 0.25) is 0 Å². The van der Waals surface area contributed by atoms with E-state index in [4.69, 9.17) is 4.42 Å². The number of aryl methyl sites for hydroxylation is 2. The topological polar surface area (TPSA) is 67.4 Å². The maximum atomic E-state index is 5.90. The van der Waals surface area contributed by atoms with Crippen LogP contribution in [0, 0.1) is 6.92 Å². The molecule has 0 saturated heterocycles. The Balaban J connectivity index is 1.62. The molecule has 0 aliphatic rings. The predicted molar refractivity (Wildman–Crippen MR) is 91.2 cm³/mol. The number of aliphatic imine (C=N–C) groups is 1. The predicted octanol–water partition coefficient (Wildman–Crippen LogP) is 2.34. The number of para-hydroxylation sites is 1. The first-order valence-corrected chi connectivity index (χ1v) is 7.56. The number of aromatic nitrogens is 2. The van der Waals surface area contributed by atoms with E-state index in [2.05, 4.69) is 33.7 Å². The number of nitrogens with one attached hydrogen (secondary N) is 2. The van der Waals surface area contributed by atoms with Crippen LogP contribution in [0.3, 0.4) is 0 Å². The molecule has 0 bridgehead atoms. The maximum Gasteiger partial charge on any atom is 0.191 e. The number of nitrogens with zero attached hydrogens (tertiary/aromatic N) is 3. The highest BCUT2D eigenvalue weighted by Crippen LogP contribution is 2.24. The second-order valence-corrected chi connectivity index (χ2v) is 5.45. The smallest absolute Gasteiger partial charge is 0.191 e. The number of guanidine groups is 1. The van der Waals surface area contributed by atoms with E-state index >= 15 is 0 Å². The molecule has 1 aromatic carbocycles. The first-order chi connectivity index (χ1) is 11.2. The van der Waals surface area contributed by atoms with E-state index in [0.717, 1.165) is 33.8 Å². The fraction of sp³-hybridized carbons (Fsp3) is 0.294. The summed E-state index contributed by atoms with van der Waals surface area (Å²) in [6.07, 6.45) is 3.81. The van der Waals surface area contributed by atoms with Crippen LogP contribution in [0.4, 0.5) is 0 Å². The van der Waals surface area contributed by atoms with Gasteiger partial charge in [-0.3, -0.25) is 9.67 Å². The Hall–Kier alpha value is -2.76. The number of benzene rings is 1. The van der Waals surface area contributed by atoms with Gasteiger partial charge in [-0.25, -0.2) is 0 Å². The van der Waals surface area contributed by atoms with Crippen molar-refractivity contribution in [3.63, 3.8) is 0 Å². The Morgan fingerprint density at radius 2 is 2.04 bits per heavy atom. The molecule has 2 aromatic heterocycles. The average molecular weight is 311 g/mol. The highest BCUT2D eigenvalue weighted by Gasteiger charge is 2.10. The van der Waals surface area contributed by atoms with E-state index in [9.17, 15) is 0 Å². The third kappa shape index (κ3) is 3.36. The van der Waals surface area contributed by atoms with Gasteiger partial charge < -0.3 is 15.1 Å². The minimum absolute atomic E-state index is 0.591. The summed E-state index contributed by atoms with van der Waals surface area (Å²) >= 11 is 0. The molecule has 0 amide bonds. The summed E-state index contributed by atoms with van der Waals surface area (Å²) in [5.74, 6) is 1.66. The van der Waals surface area contributed by atoms with Crippen molar-refractivity contribution in [1.82, 2.24) is 20.4 Å². The molecule has 2 N–H and O–H groups in total. The van der Waals surface area contributed by atoms with Crippen LogP contribution in [-0.2, 0) is 20.1 Å². The summed E-state index contributed by atoms with van der Waals surface area (Å²) in [4.78, 5) is 4.23. The van der Waals surface area contributed by atoms with Crippen LogP contribution >= 0.6 is 0 Å². The first kappa shape index (κ1) is 15.1. The molecule has 6 heteroatoms. The van der Waals surface area contributed by atoms with Gasteiger partial charge >= 0.3 is 0 Å². The molecule has 3 rings (SSSR count). The van der Waals surface area contributed by atoms with Gasteiger partial charge in [0, 0.05) is 43.4 Å². The third-order valence-electron chi connectivity index (χ3n) is 3.80. The summed E-state index contributed by atoms with van der Waals surface area (Å²) in [6, 6.07) is 8.07. The van der Waals surface area contributed by atoms with Gasteiger partial charge in [-0.1, -0.05) is 18.2 Å². The molecule has 23 heavy (non-hydrogen) atoms. The molecule has 0 atom stereocenters. The van der Waals surface area contributed by atoms with Crippen LogP contribution in [0.5, 0.6) is 0 Å². The molecule has 0 aliphatic carbocycles. The standard InChI is InChI=1S/C17H21N5O/c1-12-14-6-4-5-7-15(14)23-16(12)10-20-17(18-2)19-8-13-9-21-22(3)11-13/h4-7,9,11H,8,10H2,1-3H3,(H2,18,19,20). The van der Waals surface area contributed by atoms with Crippen molar-refractivity contribution in [2.45, 2.75) is 20.0 Å². The van der Waals surface area contributed by atoms with Gasteiger partial charge in [0.05, 0.1) is 12.7 Å². The van der Waals surface area contributed by atoms with Crippen LogP contribution in [-0.4, -0.2) is 22.8 Å². The highest BCUT2D eigenvalue weighted by molar-refractivity contribution is 5.82. The Morgan fingerprint density at radius 3 is 2.74 bits per heavy atom. The van der Waals surface area contributed by atoms with Crippen molar-refractivity contribution in [3.8, 4) is 0 Å². The van der Waals surface area contributed by atoms with E-state index in [-0.39, 0.29) is 0 Å². The Kier molecular flexibility index (Phi) is 4.32. The lowest BCUT2D eigenvalue weighted by Crippen LogP contribution is -2.36. The second kappa shape index (κ2) is 6.56. The monoisotopic (exact) mass is 311 g/mol. The van der Waals surface area contributed by atoms with E-state index in [1.165, 1.54) is 0 Å². The summed E-state index contributed by atoms with van der Waals surface area (Å²) in [6.45, 7) is 3.34. The lowest BCUT2D eigenvalue weighted by atomic mass is 10.1. The fourth-order valence-electron chi connectivity index (χ4n) is 2.53. The number of hydrogen-bond donors (Lipinski definition) is 2. The molecule has 0 spiro atoms. The number of furan rings is 1. The van der Waals surface area contributed by atoms with Crippen LogP contribution < -0.4 is 10.6 Å². The highest BCUT2D eigenvalue weighted by atomic mass is 16.3. The molecule has 120 valence electrons. The largest absolute Gasteiger partial charge is 0.459 e. The van der Waals surface area contributed by atoms with Crippen molar-refractivity contribution in [3.05, 3.63) is 53.5 Å². The molecule has 3 aromatic rings. The van der Waals surface area contributed by atoms with E-state index in [1.54, 1.807) is 11.7 Å². The Bertz CT molecular complexity index is 830. The quantitative estimate of drug-likeness (QED) is 0.573. The van der Waals surface area contributed by atoms with Crippen LogP contribution in [0.15, 0.2) is 46.1 Å². The third-order valence-corrected chi connectivity index (χ3v) is 3.80. The van der Waals surface area contributed by atoms with Crippen molar-refractivity contribution < 1.29 is 4.42 Å². The van der Waals surface area contributed by atoms with Crippen molar-refractivity contribution in [1.29, 1.82) is 0 Å². The van der Waals surface area contributed by atoms with Gasteiger partial charge in [-0.15, -0.1) is 0 Å². The molecule has 0 aliphatic heterocycles. The fourth-order valence-corrected chi connectivity index (χ4v) is 2.53. The Labute approximate surface area is 135 Å². The van der Waals surface area contributed by atoms with E-state index < -0.39 is 0 Å². The normalized spacial score (nSPS) is 11.9. The zero-order valence-corrected chi connectivity index (χ0v) is 13.6. The number of fused-ring (bicyclic) bond motifs is 1. The van der Waals surface area contributed by atoms with Gasteiger partial charge in [-0.2, -0.15) is 5.10 Å². The van der Waals surface area contributed by atoms with Crippen molar-refractivity contribution in [2.24, 2.45) is 12.0 Å². The molecule has 0 unspecified atom stereocenters. The average Bonchev–Trinajstić information content (AvgIpc) is 3.12. The molecule has 0 radical (unpaired) electrons. The maximum absolute atomic E-state index is 5.90. The minimum Gasteiger partial charge on any atom is -0.459 e. The second-order valence-electron chi connectivity index (χ2n) is 5.45. The Morgan fingerprint density at radius 1 is 1.26 bits per heavy atom. The lowest BCUT2D eigenvalue weighted by Gasteiger charge is -2.10. The minimum atomic E-state index is 0.591. The summed E-state index contributed by atoms with van der Waals surface area (Å²) in [5, 5.41) is 11.9. The summed E-state index contributed by atoms with van der Waals surface area (Å²) in [7, 11) is 3.66. The molecule has 2 heterocycles. The molecule has 0 saturated carbocycles. The van der Waals surface area contributed by atoms with Crippen molar-refractivity contribution in [2.75, 3.05) is 7.05 Å². The van der Waals surface area contributed by atoms with Gasteiger partial charge in [0.15, 0.2) is 5.96 Å². The first-order valence-electron chi connectivity index (χ1n) is 7.56. The number of hydrogen-bond acceptors (Lipinski definition) is 3. The summed E-state index contributed by atoms with van der Waals surface area (Å²) in [5.41, 5.74) is 3.19. The van der Waals surface area contributed by atoms with Crippen LogP contribution in [0.25, 0.3) is 11.0 Å². The van der Waals surface area contributed by atoms with Gasteiger partial charge in [0.25, 0.3) is 0 Å². The lowest BCUT2D eigenvalue weighted by molar-refractivity contribution is 0.534. The zero-order chi connectivity index (χ0) is 16.2. The zero-order valence-electron chi connectivity index (χ0n) is 13.6. The van der Waals surface area contributed by atoms with Gasteiger partial charge in [-0.05, 0) is 13.0 Å². The van der Waals surface area contributed by atoms with E-state index in [0.29, 0.717) is 13.1 Å². The van der Waals surface area contributed by atoms with Crippen LogP contribution in [0.1, 0.15) is 16.9 Å². The molecular weight excluding hydrogens is 290 g/mol. The molecular formula is C17H21N5O. The SMILES string of the molecule is CN=C(NCc1cnn(C)c1)NCc1oc2ccccc2c1C. The number of rotatable bonds is 4. The van der Waals surface area contributed by atoms with E-state index in [1.807, 2.05) is 37.6 Å².